The van der Waals surface area contributed by atoms with Gasteiger partial charge in [-0.15, -0.1) is 0 Å². The zero-order valence-corrected chi connectivity index (χ0v) is 36.4. The number of rotatable bonds is 22. The topological polar surface area (TPSA) is 495 Å². The van der Waals surface area contributed by atoms with E-state index in [1.165, 1.54) is 35.5 Å². The molecule has 1 heterocycles. The number of nitrogens with two attached hydrogens (primary N) is 9. The van der Waals surface area contributed by atoms with E-state index < -0.39 is 96.2 Å². The molecule has 6 unspecified atom stereocenters. The second kappa shape index (κ2) is 25.0. The van der Waals surface area contributed by atoms with Crippen molar-refractivity contribution in [1.29, 1.82) is 0 Å². The van der Waals surface area contributed by atoms with Crippen molar-refractivity contribution >= 4 is 77.4 Å². The van der Waals surface area contributed by atoms with Crippen molar-refractivity contribution < 1.29 is 33.9 Å². The molecular formula is C41H51N21O7. The Bertz CT molecular complexity index is 2560. The first kappa shape index (κ1) is 51.8. The minimum Gasteiger partial charge on any atom is -0.370 e. The molecule has 0 radical (unpaired) electrons. The summed E-state index contributed by atoms with van der Waals surface area (Å²) in [6.45, 7) is -0.0794. The number of aliphatic imine (C=N–C) groups is 4. The summed E-state index contributed by atoms with van der Waals surface area (Å²) in [6.07, 6.45) is -3.48. The molecule has 3 aromatic carbocycles. The van der Waals surface area contributed by atoms with Gasteiger partial charge < -0.3 is 88.2 Å². The van der Waals surface area contributed by atoms with Crippen LogP contribution in [0.5, 0.6) is 0 Å². The molecule has 4 rings (SSSR count). The number of aromatic nitrogens is 2. The molecular weight excluding hydrogens is 899 g/mol. The monoisotopic (exact) mass is 949 g/mol. The predicted octanol–water partition coefficient (Wildman–Crippen LogP) is -5.82. The summed E-state index contributed by atoms with van der Waals surface area (Å²) in [5.74, 6) is -10.5. The van der Waals surface area contributed by atoms with Crippen LogP contribution in [0.4, 0.5) is 5.95 Å². The third kappa shape index (κ3) is 16.6. The largest absolute Gasteiger partial charge is 0.370 e. The van der Waals surface area contributed by atoms with E-state index in [4.69, 9.17) is 51.6 Å². The van der Waals surface area contributed by atoms with Crippen molar-refractivity contribution in [2.24, 2.45) is 71.6 Å². The number of primary amides is 1. The first-order valence-corrected chi connectivity index (χ1v) is 20.1. The highest BCUT2D eigenvalue weighted by atomic mass is 16.3. The number of aliphatic hydroxyl groups excluding tert-OH is 1. The molecule has 0 bridgehead atoms. The number of carbonyl (C=O) groups excluding carboxylic acids is 6. The number of anilines is 1. The molecule has 0 aliphatic carbocycles. The molecule has 362 valence electrons. The molecule has 4 aromatic rings. The number of hydrogen-bond donors (Lipinski definition) is 15. The zero-order valence-electron chi connectivity index (χ0n) is 36.4. The lowest BCUT2D eigenvalue weighted by molar-refractivity contribution is -0.136. The SMILES string of the molecule is NC(=O)C(N=C(N)N)NC(=O)C(N=C(N)N)NC(=O)C(N=C(N)N)NC(=O)C(N=C(N)N)NC(=O)C(NC(=O)C(O)N(Cc1ccc(C=Cc2ccccc2)cc1)c1ncccn1)c1ccccc1. The van der Waals surface area contributed by atoms with Crippen LogP contribution in [0.25, 0.3) is 12.2 Å². The lowest BCUT2D eigenvalue weighted by Crippen LogP contribution is -2.58. The first-order chi connectivity index (χ1) is 32.8. The number of guanidine groups is 4. The normalized spacial score (nSPS) is 13.2. The van der Waals surface area contributed by atoms with Gasteiger partial charge in [0.05, 0.1) is 0 Å². The molecule has 0 aliphatic rings. The van der Waals surface area contributed by atoms with Crippen LogP contribution in [-0.4, -0.2) is 105 Å². The van der Waals surface area contributed by atoms with Gasteiger partial charge in [0.1, 0.15) is 6.04 Å². The number of hydrogen-bond acceptors (Lipinski definition) is 14. The molecule has 0 fully saturated rings. The predicted molar refractivity (Wildman–Crippen MR) is 254 cm³/mol. The number of nitrogens with one attached hydrogen (secondary N) is 5. The Morgan fingerprint density at radius 1 is 0.507 bits per heavy atom. The van der Waals surface area contributed by atoms with Gasteiger partial charge in [0.15, 0.2) is 23.8 Å². The Kier molecular flexibility index (Phi) is 18.8. The molecule has 0 aliphatic heterocycles. The van der Waals surface area contributed by atoms with Crippen LogP contribution in [-0.2, 0) is 35.3 Å². The fraction of sp³-hybridized carbons (Fsp3) is 0.171. The Balaban J connectivity index is 1.58. The van der Waals surface area contributed by atoms with Crippen molar-refractivity contribution in [2.75, 3.05) is 4.90 Å². The standard InChI is InChI=1S/C41H51N21O7/c42-26(63)27(58-37(43)44)54-32(65)29(60-39(47)48)56-34(67)30(61-40(49)50)57-33(66)28(59-38(45)46)55-31(64)25(24-10-5-2-6-11-24)53-35(68)36(69)62(41-51-18-7-19-52-41)20-23-16-14-22(15-17-23)13-12-21-8-3-1-4-9-21/h1-19,25,27-30,36,69H,20H2,(H2,42,63)(H,53,68)(H,54,65)(H,55,64)(H,56,67)(H,57,66)(H4,43,44,58)(H4,45,46,59)(H4,47,48,60)(H4,49,50,61). The summed E-state index contributed by atoms with van der Waals surface area (Å²) >= 11 is 0. The maximum Gasteiger partial charge on any atom is 0.271 e. The third-order valence-corrected chi connectivity index (χ3v) is 8.86. The quantitative estimate of drug-likeness (QED) is 0.0151. The highest BCUT2D eigenvalue weighted by Crippen LogP contribution is 2.19. The van der Waals surface area contributed by atoms with Crippen molar-refractivity contribution in [3.05, 3.63) is 126 Å². The Morgan fingerprint density at radius 2 is 0.913 bits per heavy atom. The molecule has 0 saturated carbocycles. The summed E-state index contributed by atoms with van der Waals surface area (Å²) in [7, 11) is 0. The summed E-state index contributed by atoms with van der Waals surface area (Å²) in [5, 5.41) is 22.5. The van der Waals surface area contributed by atoms with Gasteiger partial charge >= 0.3 is 0 Å². The van der Waals surface area contributed by atoms with Crippen molar-refractivity contribution in [2.45, 2.75) is 43.5 Å². The van der Waals surface area contributed by atoms with Crippen LogP contribution in [0.2, 0.25) is 0 Å². The minimum atomic E-state index is -2.14. The lowest BCUT2D eigenvalue weighted by Gasteiger charge is -2.29. The molecule has 28 nitrogen and oxygen atoms in total. The van der Waals surface area contributed by atoms with Crippen LogP contribution in [0, 0.1) is 0 Å². The third-order valence-electron chi connectivity index (χ3n) is 8.86. The van der Waals surface area contributed by atoms with E-state index in [0.717, 1.165) is 11.1 Å². The van der Waals surface area contributed by atoms with Gasteiger partial charge in [-0.25, -0.2) is 29.9 Å². The van der Waals surface area contributed by atoms with Crippen LogP contribution in [0.1, 0.15) is 28.3 Å². The van der Waals surface area contributed by atoms with Gasteiger partial charge in [-0.2, -0.15) is 0 Å². The van der Waals surface area contributed by atoms with E-state index >= 15 is 0 Å². The second-order valence-corrected chi connectivity index (χ2v) is 14.2. The second-order valence-electron chi connectivity index (χ2n) is 14.2. The Labute approximate surface area is 392 Å². The van der Waals surface area contributed by atoms with Crippen molar-refractivity contribution in [3.8, 4) is 0 Å². The van der Waals surface area contributed by atoms with E-state index in [9.17, 15) is 33.9 Å². The number of benzene rings is 3. The van der Waals surface area contributed by atoms with Gasteiger partial charge in [0.2, 0.25) is 42.7 Å². The molecule has 1 aromatic heterocycles. The molecule has 0 saturated heterocycles. The smallest absolute Gasteiger partial charge is 0.271 e. The number of carbonyl (C=O) groups is 6. The fourth-order valence-electron chi connectivity index (χ4n) is 5.79. The van der Waals surface area contributed by atoms with E-state index in [2.05, 4.69) is 45.9 Å². The minimum absolute atomic E-state index is 0.0381. The van der Waals surface area contributed by atoms with E-state index in [0.29, 0.717) is 5.56 Å². The summed E-state index contributed by atoms with van der Waals surface area (Å²) < 4.78 is 0. The van der Waals surface area contributed by atoms with Gasteiger partial charge in [0, 0.05) is 18.9 Å². The lowest BCUT2D eigenvalue weighted by atomic mass is 10.1. The Morgan fingerprint density at radius 3 is 1.36 bits per heavy atom. The molecule has 69 heavy (non-hydrogen) atoms. The van der Waals surface area contributed by atoms with Crippen LogP contribution >= 0.6 is 0 Å². The first-order valence-electron chi connectivity index (χ1n) is 20.1. The van der Waals surface area contributed by atoms with Crippen molar-refractivity contribution in [1.82, 2.24) is 36.6 Å². The molecule has 28 heteroatoms. The average molecular weight is 950 g/mol. The van der Waals surface area contributed by atoms with Gasteiger partial charge in [-0.1, -0.05) is 97.1 Å². The van der Waals surface area contributed by atoms with E-state index in [1.807, 2.05) is 65.3 Å². The number of nitrogens with zero attached hydrogens (tertiary/aromatic N) is 7. The van der Waals surface area contributed by atoms with Gasteiger partial charge in [-0.05, 0) is 28.3 Å². The highest BCUT2D eigenvalue weighted by molar-refractivity contribution is 5.99. The average Bonchev–Trinajstić information content (AvgIpc) is 3.31. The van der Waals surface area contributed by atoms with Crippen LogP contribution in [0.3, 0.4) is 0 Å². The van der Waals surface area contributed by atoms with Crippen LogP contribution < -0.4 is 83.1 Å². The fourth-order valence-corrected chi connectivity index (χ4v) is 5.79. The Hall–Kier alpha value is -9.86. The summed E-state index contributed by atoms with van der Waals surface area (Å²) in [5.41, 5.74) is 51.6. The van der Waals surface area contributed by atoms with E-state index in [-0.39, 0.29) is 18.1 Å². The van der Waals surface area contributed by atoms with Gasteiger partial charge in [-0.3, -0.25) is 28.8 Å². The summed E-state index contributed by atoms with van der Waals surface area (Å²) in [6, 6.07) is 24.5. The maximum atomic E-state index is 14.2. The zero-order chi connectivity index (χ0) is 50.6. The maximum absolute atomic E-state index is 14.2. The highest BCUT2D eigenvalue weighted by Gasteiger charge is 2.35. The number of amides is 6. The number of aliphatic hydroxyl groups is 1. The van der Waals surface area contributed by atoms with E-state index in [1.54, 1.807) is 30.3 Å². The molecule has 24 N–H and O–H groups in total. The molecule has 6 amide bonds. The molecule has 6 atom stereocenters. The summed E-state index contributed by atoms with van der Waals surface area (Å²) in [4.78, 5) is 104. The van der Waals surface area contributed by atoms with Gasteiger partial charge in [0.25, 0.3) is 29.5 Å². The molecule has 0 spiro atoms. The van der Waals surface area contributed by atoms with Crippen LogP contribution in [0.15, 0.2) is 123 Å². The van der Waals surface area contributed by atoms with Crippen molar-refractivity contribution in [3.63, 3.8) is 0 Å².